The fourth-order valence-electron chi connectivity index (χ4n) is 12.8. The van der Waals surface area contributed by atoms with E-state index in [0.29, 0.717) is 17.8 Å². The monoisotopic (exact) mass is 899 g/mol. The summed E-state index contributed by atoms with van der Waals surface area (Å²) in [6, 6.07) is 65.4. The summed E-state index contributed by atoms with van der Waals surface area (Å²) in [6.45, 7) is 0. The Morgan fingerprint density at radius 3 is 2.31 bits per heavy atom. The molecule has 3 aliphatic heterocycles. The number of hydrogen-bond acceptors (Lipinski definition) is 5. The van der Waals surface area contributed by atoms with E-state index in [1.165, 1.54) is 78.7 Å². The van der Waals surface area contributed by atoms with Gasteiger partial charge in [0.2, 0.25) is 0 Å². The van der Waals surface area contributed by atoms with Gasteiger partial charge in [-0.3, -0.25) is 0 Å². The van der Waals surface area contributed by atoms with Crippen molar-refractivity contribution >= 4 is 78.9 Å². The second-order valence-corrected chi connectivity index (χ2v) is 19.9. The minimum Gasteiger partial charge on any atom is -0.344 e. The van der Waals surface area contributed by atoms with Crippen LogP contribution in [-0.2, 0) is 12.8 Å². The Kier molecular flexibility index (Phi) is 8.86. The smallest absolute Gasteiger partial charge is 0.162 e. The number of amidine groups is 2. The van der Waals surface area contributed by atoms with Gasteiger partial charge in [-0.05, 0) is 146 Å². The molecule has 70 heavy (non-hydrogen) atoms. The minimum atomic E-state index is -0.357. The molecule has 1 N–H and O–H groups in total. The van der Waals surface area contributed by atoms with E-state index in [9.17, 15) is 0 Å². The average molecular weight is 900 g/mol. The van der Waals surface area contributed by atoms with Gasteiger partial charge in [-0.25, -0.2) is 9.98 Å². The number of allylic oxidation sites excluding steroid dienone is 3. The zero-order valence-corrected chi connectivity index (χ0v) is 38.8. The van der Waals surface area contributed by atoms with E-state index in [0.717, 1.165) is 70.1 Å². The second kappa shape index (κ2) is 15.6. The maximum Gasteiger partial charge on any atom is 0.162 e. The quantitative estimate of drug-likeness (QED) is 0.138. The Hall–Kier alpha value is -8.28. The van der Waals surface area contributed by atoms with Gasteiger partial charge in [-0.15, -0.1) is 0 Å². The van der Waals surface area contributed by atoms with E-state index in [1.54, 1.807) is 0 Å². The van der Waals surface area contributed by atoms with Crippen LogP contribution in [0, 0.1) is 0 Å². The predicted molar refractivity (Wildman–Crippen MR) is 291 cm³/mol. The maximum absolute atomic E-state index is 5.62. The first-order valence-electron chi connectivity index (χ1n) is 25.1. The lowest BCUT2D eigenvalue weighted by Gasteiger charge is -2.33. The summed E-state index contributed by atoms with van der Waals surface area (Å²) < 4.78 is 0. The van der Waals surface area contributed by atoms with Crippen LogP contribution in [0.2, 0.25) is 0 Å². The Bertz CT molecular complexity index is 3840. The van der Waals surface area contributed by atoms with Gasteiger partial charge in [0, 0.05) is 40.2 Å². The minimum absolute atomic E-state index is 0.182. The van der Waals surface area contributed by atoms with Crippen LogP contribution >= 0.6 is 0 Å². The van der Waals surface area contributed by atoms with Gasteiger partial charge in [-0.2, -0.15) is 0 Å². The summed E-state index contributed by atoms with van der Waals surface area (Å²) in [5.41, 5.74) is 17.9. The molecule has 0 amide bonds. The zero-order valence-electron chi connectivity index (χ0n) is 38.8. The number of nitrogens with one attached hydrogen (secondary N) is 1. The molecule has 4 atom stereocenters. The van der Waals surface area contributed by atoms with Crippen molar-refractivity contribution in [1.82, 2.24) is 5.32 Å². The van der Waals surface area contributed by atoms with Crippen LogP contribution in [0.3, 0.4) is 0 Å². The normalized spacial score (nSPS) is 20.5. The van der Waals surface area contributed by atoms with Crippen LogP contribution in [0.15, 0.2) is 210 Å². The van der Waals surface area contributed by atoms with Crippen molar-refractivity contribution in [3.8, 4) is 0 Å². The summed E-state index contributed by atoms with van der Waals surface area (Å²) in [6.07, 6.45) is 17.2. The Morgan fingerprint density at radius 1 is 0.571 bits per heavy atom. The van der Waals surface area contributed by atoms with Crippen LogP contribution in [0.1, 0.15) is 87.3 Å². The molecule has 4 unspecified atom stereocenters. The molecular weight excluding hydrogens is 851 g/mol. The number of aryl methyl sites for hydroxylation is 1. The Morgan fingerprint density at radius 2 is 1.39 bits per heavy atom. The SMILES string of the molecule is C1=Cc2cc3c(cc2CC1)N(c1ccc2c(c1)CC1C(=C2)N(c2ccc4ccccc4c2C2=NC(c4ccccc4)NC(c4cccc5c4ccc4ccccc45)=N2)c2ccccc21)C1C=CCCC31. The summed E-state index contributed by atoms with van der Waals surface area (Å²) in [5.74, 6) is 2.22. The van der Waals surface area contributed by atoms with Gasteiger partial charge in [0.15, 0.2) is 5.84 Å². The first-order valence-corrected chi connectivity index (χ1v) is 25.1. The highest BCUT2D eigenvalue weighted by Gasteiger charge is 2.42. The molecule has 0 spiro atoms. The fourth-order valence-corrected chi connectivity index (χ4v) is 12.8. The van der Waals surface area contributed by atoms with Crippen molar-refractivity contribution in [2.24, 2.45) is 9.98 Å². The number of benzene rings is 9. The number of anilines is 4. The Balaban J connectivity index is 0.891. The third kappa shape index (κ3) is 6.10. The van der Waals surface area contributed by atoms with Crippen molar-refractivity contribution in [1.29, 1.82) is 0 Å². The molecule has 5 heteroatoms. The molecule has 0 aromatic heterocycles. The maximum atomic E-state index is 5.62. The summed E-state index contributed by atoms with van der Waals surface area (Å²) in [4.78, 5) is 16.4. The molecule has 3 aliphatic carbocycles. The standard InChI is InChI=1S/C65H49N5/c1-2-17-42(18-3-1)63-66-64(54-26-14-25-50-48-21-8-6-15-40(48)30-33-51(50)54)68-65(67-63)62-49-22-9-7-16-41(49)31-34-59(62)70-58-28-13-11-24-53(58)56-37-46-35-47(32-29-45(46)39-61(56)70)69-57-27-12-10-23-52(57)55-36-43-19-4-5-20-44(43)38-60(55)69/h1-4,6-9,11-19,21-22,24-36,38-39,52,56-57,63H,5,10,20,23,37H2,(H,66,67,68). The van der Waals surface area contributed by atoms with E-state index in [4.69, 9.17) is 9.98 Å². The van der Waals surface area contributed by atoms with E-state index < -0.39 is 0 Å². The summed E-state index contributed by atoms with van der Waals surface area (Å²) >= 11 is 0. The van der Waals surface area contributed by atoms with Crippen LogP contribution < -0.4 is 15.1 Å². The molecule has 0 radical (unpaired) electrons. The molecule has 3 heterocycles. The summed E-state index contributed by atoms with van der Waals surface area (Å²) in [5, 5.41) is 10.9. The number of nitrogens with zero attached hydrogens (tertiary/aromatic N) is 4. The Labute approximate surface area is 408 Å². The molecular formula is C65H49N5. The van der Waals surface area contributed by atoms with Gasteiger partial charge in [0.05, 0.1) is 17.3 Å². The largest absolute Gasteiger partial charge is 0.344 e. The molecule has 0 saturated carbocycles. The molecule has 5 nitrogen and oxygen atoms in total. The van der Waals surface area contributed by atoms with Gasteiger partial charge < -0.3 is 15.1 Å². The molecule has 0 fully saturated rings. The topological polar surface area (TPSA) is 43.2 Å². The van der Waals surface area contributed by atoms with E-state index >= 15 is 0 Å². The first kappa shape index (κ1) is 39.7. The van der Waals surface area contributed by atoms with Crippen LogP contribution in [0.25, 0.3) is 44.5 Å². The molecule has 6 aliphatic rings. The highest BCUT2D eigenvalue weighted by Crippen LogP contribution is 2.55. The lowest BCUT2D eigenvalue weighted by Crippen LogP contribution is -2.34. The highest BCUT2D eigenvalue weighted by molar-refractivity contribution is 6.24. The molecule has 9 aromatic rings. The second-order valence-electron chi connectivity index (χ2n) is 19.9. The van der Waals surface area contributed by atoms with Crippen molar-refractivity contribution in [3.63, 3.8) is 0 Å². The average Bonchev–Trinajstić information content (AvgIpc) is 3.92. The number of para-hydroxylation sites is 1. The van der Waals surface area contributed by atoms with Gasteiger partial charge in [-0.1, -0.05) is 164 Å². The van der Waals surface area contributed by atoms with Gasteiger partial charge in [0.25, 0.3) is 0 Å². The van der Waals surface area contributed by atoms with E-state index in [1.807, 2.05) is 0 Å². The molecule has 9 aromatic carbocycles. The van der Waals surface area contributed by atoms with Crippen LogP contribution in [-0.4, -0.2) is 17.7 Å². The van der Waals surface area contributed by atoms with Crippen molar-refractivity contribution in [3.05, 3.63) is 250 Å². The summed E-state index contributed by atoms with van der Waals surface area (Å²) in [7, 11) is 0. The molecule has 0 saturated heterocycles. The lowest BCUT2D eigenvalue weighted by atomic mass is 9.83. The van der Waals surface area contributed by atoms with Crippen LogP contribution in [0.4, 0.5) is 22.7 Å². The number of hydrogen-bond donors (Lipinski definition) is 1. The first-order chi connectivity index (χ1) is 34.7. The predicted octanol–water partition coefficient (Wildman–Crippen LogP) is 15.4. The van der Waals surface area contributed by atoms with Crippen molar-refractivity contribution in [2.45, 2.75) is 56.1 Å². The van der Waals surface area contributed by atoms with Crippen LogP contribution in [0.5, 0.6) is 0 Å². The lowest BCUT2D eigenvalue weighted by molar-refractivity contribution is 0.572. The third-order valence-corrected chi connectivity index (χ3v) is 16.1. The molecule has 334 valence electrons. The van der Waals surface area contributed by atoms with Gasteiger partial charge >= 0.3 is 0 Å². The highest BCUT2D eigenvalue weighted by atomic mass is 15.2. The molecule has 0 bridgehead atoms. The van der Waals surface area contributed by atoms with Gasteiger partial charge in [0.1, 0.15) is 12.0 Å². The number of aliphatic imine (C=N–C) groups is 2. The number of fused-ring (bicyclic) bond motifs is 12. The molecule has 15 rings (SSSR count). The van der Waals surface area contributed by atoms with Crippen molar-refractivity contribution < 1.29 is 0 Å². The fraction of sp³-hybridized carbons (Fsp3) is 0.138. The van der Waals surface area contributed by atoms with E-state index in [2.05, 4.69) is 221 Å². The number of rotatable bonds is 5. The van der Waals surface area contributed by atoms with E-state index in [-0.39, 0.29) is 12.1 Å². The van der Waals surface area contributed by atoms with Crippen molar-refractivity contribution in [2.75, 3.05) is 9.80 Å². The zero-order chi connectivity index (χ0) is 45.9. The third-order valence-electron chi connectivity index (χ3n) is 16.1.